The molecule has 4 heterocycles. The van der Waals surface area contributed by atoms with Crippen molar-refractivity contribution in [2.24, 2.45) is 5.92 Å². The van der Waals surface area contributed by atoms with Crippen LogP contribution in [0.15, 0.2) is 58.4 Å². The number of imide groups is 1. The standard InChI is InChI=1S/C27H23ClFN3O4S2/c28-16-6-10-18(11-7-16)32-24(34)21-20(15-4-8-17(29)9-5-15)23-26(37-22(21)25(32)35)31(27(36)38-23)14-19(33)30-12-2-1-3-13-30/h4-11,20-22H,1-3,12-14H2/t20-,21+,22-/m0/s1. The molecule has 3 aliphatic heterocycles. The molecule has 196 valence electrons. The molecule has 0 spiro atoms. The third-order valence-electron chi connectivity index (χ3n) is 7.37. The number of piperidine rings is 1. The molecule has 38 heavy (non-hydrogen) atoms. The molecule has 3 amide bonds. The van der Waals surface area contributed by atoms with Crippen LogP contribution in [-0.2, 0) is 20.9 Å². The lowest BCUT2D eigenvalue weighted by atomic mass is 9.83. The summed E-state index contributed by atoms with van der Waals surface area (Å²) in [5.41, 5.74) is 1.05. The minimum Gasteiger partial charge on any atom is -0.341 e. The maximum atomic E-state index is 13.8. The van der Waals surface area contributed by atoms with Crippen molar-refractivity contribution in [1.29, 1.82) is 0 Å². The summed E-state index contributed by atoms with van der Waals surface area (Å²) in [6.07, 6.45) is 2.95. The van der Waals surface area contributed by atoms with Crippen molar-refractivity contribution in [2.45, 2.75) is 42.0 Å². The van der Waals surface area contributed by atoms with Gasteiger partial charge in [-0.2, -0.15) is 0 Å². The van der Waals surface area contributed by atoms with E-state index in [1.807, 2.05) is 0 Å². The van der Waals surface area contributed by atoms with E-state index in [0.717, 1.165) is 30.6 Å². The van der Waals surface area contributed by atoms with Gasteiger partial charge >= 0.3 is 4.87 Å². The maximum Gasteiger partial charge on any atom is 0.308 e. The molecule has 6 rings (SSSR count). The van der Waals surface area contributed by atoms with Crippen molar-refractivity contribution in [3.63, 3.8) is 0 Å². The minimum absolute atomic E-state index is 0.117. The average Bonchev–Trinajstić information content (AvgIpc) is 3.36. The number of halogens is 2. The van der Waals surface area contributed by atoms with Crippen LogP contribution in [0, 0.1) is 11.7 Å². The van der Waals surface area contributed by atoms with Crippen molar-refractivity contribution < 1.29 is 18.8 Å². The number of hydrogen-bond donors (Lipinski definition) is 0. The van der Waals surface area contributed by atoms with Gasteiger partial charge in [0.1, 0.15) is 17.6 Å². The number of amides is 3. The number of thiazole rings is 1. The van der Waals surface area contributed by atoms with Crippen LogP contribution in [0.1, 0.15) is 35.6 Å². The number of nitrogens with zero attached hydrogens (tertiary/aromatic N) is 3. The topological polar surface area (TPSA) is 79.7 Å². The summed E-state index contributed by atoms with van der Waals surface area (Å²) in [4.78, 5) is 57.1. The van der Waals surface area contributed by atoms with E-state index < -0.39 is 28.8 Å². The van der Waals surface area contributed by atoms with Crippen LogP contribution in [0.25, 0.3) is 0 Å². The Labute approximate surface area is 231 Å². The first-order valence-electron chi connectivity index (χ1n) is 12.4. The monoisotopic (exact) mass is 571 g/mol. The Kier molecular flexibility index (Phi) is 6.65. The summed E-state index contributed by atoms with van der Waals surface area (Å²) in [6.45, 7) is 1.21. The highest BCUT2D eigenvalue weighted by Crippen LogP contribution is 2.53. The van der Waals surface area contributed by atoms with Gasteiger partial charge in [0.2, 0.25) is 17.7 Å². The molecule has 1 aromatic heterocycles. The molecule has 0 unspecified atom stereocenters. The van der Waals surface area contributed by atoms with Crippen molar-refractivity contribution in [3.8, 4) is 0 Å². The van der Waals surface area contributed by atoms with Gasteiger partial charge in [-0.25, -0.2) is 9.29 Å². The molecule has 3 aliphatic rings. The average molecular weight is 572 g/mol. The number of hydrogen-bond acceptors (Lipinski definition) is 6. The summed E-state index contributed by atoms with van der Waals surface area (Å²) in [7, 11) is 0. The number of carbonyl (C=O) groups excluding carboxylic acids is 3. The van der Waals surface area contributed by atoms with Gasteiger partial charge in [0.05, 0.1) is 16.6 Å². The third kappa shape index (κ3) is 4.28. The molecule has 2 saturated heterocycles. The Morgan fingerprint density at radius 2 is 1.63 bits per heavy atom. The number of thioether (sulfide) groups is 1. The fraction of sp³-hybridized carbons (Fsp3) is 0.333. The number of rotatable bonds is 4. The van der Waals surface area contributed by atoms with E-state index in [1.165, 1.54) is 33.4 Å². The van der Waals surface area contributed by atoms with Crippen LogP contribution >= 0.6 is 34.7 Å². The molecule has 2 aromatic carbocycles. The number of fused-ring (bicyclic) bond motifs is 2. The van der Waals surface area contributed by atoms with Crippen LogP contribution < -0.4 is 9.77 Å². The number of aromatic nitrogens is 1. The van der Waals surface area contributed by atoms with E-state index in [1.54, 1.807) is 41.3 Å². The molecule has 0 radical (unpaired) electrons. The predicted octanol–water partition coefficient (Wildman–Crippen LogP) is 4.51. The van der Waals surface area contributed by atoms with Crippen molar-refractivity contribution in [2.75, 3.05) is 18.0 Å². The van der Waals surface area contributed by atoms with Crippen LogP contribution in [0.4, 0.5) is 10.1 Å². The highest BCUT2D eigenvalue weighted by Gasteiger charge is 2.56. The Morgan fingerprint density at radius 3 is 2.32 bits per heavy atom. The molecular weight excluding hydrogens is 549 g/mol. The highest BCUT2D eigenvalue weighted by molar-refractivity contribution is 8.00. The van der Waals surface area contributed by atoms with Crippen LogP contribution in [0.2, 0.25) is 5.02 Å². The van der Waals surface area contributed by atoms with Gasteiger partial charge in [0.15, 0.2) is 0 Å². The van der Waals surface area contributed by atoms with Gasteiger partial charge in [0.25, 0.3) is 0 Å². The lowest BCUT2D eigenvalue weighted by Gasteiger charge is -2.31. The van der Waals surface area contributed by atoms with E-state index in [0.29, 0.717) is 39.3 Å². The minimum atomic E-state index is -0.800. The zero-order valence-electron chi connectivity index (χ0n) is 20.1. The normalized spacial score (nSPS) is 22.9. The molecule has 0 N–H and O–H groups in total. The maximum absolute atomic E-state index is 13.8. The zero-order valence-corrected chi connectivity index (χ0v) is 22.5. The molecule has 2 fully saturated rings. The quantitative estimate of drug-likeness (QED) is 0.431. The SMILES string of the molecule is O=C(Cn1c2c(sc1=O)[C@@H](c1ccc(F)cc1)[C@H]1C(=O)N(c3ccc(Cl)cc3)C(=O)[C@H]1S2)N1CCCCC1. The van der Waals surface area contributed by atoms with E-state index in [4.69, 9.17) is 11.6 Å². The summed E-state index contributed by atoms with van der Waals surface area (Å²) in [5.74, 6) is -2.75. The predicted molar refractivity (Wildman–Crippen MR) is 144 cm³/mol. The molecule has 7 nitrogen and oxygen atoms in total. The molecule has 3 aromatic rings. The second-order valence-corrected chi connectivity index (χ2v) is 12.2. The van der Waals surface area contributed by atoms with E-state index >= 15 is 0 Å². The van der Waals surface area contributed by atoms with Crippen molar-refractivity contribution in [1.82, 2.24) is 9.47 Å². The van der Waals surface area contributed by atoms with Gasteiger partial charge in [-0.1, -0.05) is 46.8 Å². The molecule has 11 heteroatoms. The third-order valence-corrected chi connectivity index (χ3v) is 10.2. The summed E-state index contributed by atoms with van der Waals surface area (Å²) in [5, 5.41) is 0.208. The van der Waals surface area contributed by atoms with E-state index in [-0.39, 0.29) is 23.2 Å². The first kappa shape index (κ1) is 25.3. The zero-order chi connectivity index (χ0) is 26.6. The number of carbonyl (C=O) groups is 3. The van der Waals surface area contributed by atoms with Crippen LogP contribution in [0.3, 0.4) is 0 Å². The van der Waals surface area contributed by atoms with Crippen molar-refractivity contribution in [3.05, 3.63) is 79.5 Å². The summed E-state index contributed by atoms with van der Waals surface area (Å²) in [6, 6.07) is 12.3. The molecule has 0 aliphatic carbocycles. The van der Waals surface area contributed by atoms with Crippen LogP contribution in [-0.4, -0.2) is 45.5 Å². The Balaban J connectivity index is 1.43. The Hall–Kier alpha value is -2.95. The highest BCUT2D eigenvalue weighted by atomic mass is 35.5. The Morgan fingerprint density at radius 1 is 0.947 bits per heavy atom. The second kappa shape index (κ2) is 9.98. The molecular formula is C27H23ClFN3O4S2. The number of anilines is 1. The first-order valence-corrected chi connectivity index (χ1v) is 14.5. The number of likely N-dealkylation sites (tertiary alicyclic amines) is 1. The first-order chi connectivity index (χ1) is 18.3. The smallest absolute Gasteiger partial charge is 0.308 e. The van der Waals surface area contributed by atoms with Gasteiger partial charge in [-0.3, -0.25) is 23.7 Å². The lowest BCUT2D eigenvalue weighted by molar-refractivity contribution is -0.133. The fourth-order valence-electron chi connectivity index (χ4n) is 5.51. The molecule has 0 saturated carbocycles. The number of benzene rings is 2. The van der Waals surface area contributed by atoms with Gasteiger partial charge < -0.3 is 4.90 Å². The van der Waals surface area contributed by atoms with E-state index in [9.17, 15) is 23.6 Å². The van der Waals surface area contributed by atoms with Crippen LogP contribution in [0.5, 0.6) is 0 Å². The van der Waals surface area contributed by atoms with Gasteiger partial charge in [0, 0.05) is 28.9 Å². The lowest BCUT2D eigenvalue weighted by Crippen LogP contribution is -2.39. The largest absolute Gasteiger partial charge is 0.341 e. The fourth-order valence-corrected chi connectivity index (χ4v) is 8.41. The van der Waals surface area contributed by atoms with Gasteiger partial charge in [-0.05, 0) is 61.2 Å². The molecule has 3 atom stereocenters. The summed E-state index contributed by atoms with van der Waals surface area (Å²) >= 11 is 8.18. The molecule has 0 bridgehead atoms. The van der Waals surface area contributed by atoms with Crippen molar-refractivity contribution >= 4 is 58.1 Å². The van der Waals surface area contributed by atoms with Gasteiger partial charge in [-0.15, -0.1) is 0 Å². The second-order valence-electron chi connectivity index (χ2n) is 9.65. The van der Waals surface area contributed by atoms with E-state index in [2.05, 4.69) is 0 Å². The Bertz CT molecular complexity index is 1480. The summed E-state index contributed by atoms with van der Waals surface area (Å²) < 4.78 is 15.3.